The van der Waals surface area contributed by atoms with Gasteiger partial charge in [0.1, 0.15) is 5.82 Å². The molecule has 2 aromatic heterocycles. The first-order valence-electron chi connectivity index (χ1n) is 23.4. The quantitative estimate of drug-likeness (QED) is 0.127. The third-order valence-electron chi connectivity index (χ3n) is 13.4. The summed E-state index contributed by atoms with van der Waals surface area (Å²) in [5, 5.41) is 11.4. The molecule has 4 aliphatic rings. The highest BCUT2D eigenvalue weighted by atomic mass is 16.2. The van der Waals surface area contributed by atoms with Crippen molar-refractivity contribution in [3.05, 3.63) is 64.6 Å². The summed E-state index contributed by atoms with van der Waals surface area (Å²) < 4.78 is 2.08. The van der Waals surface area contributed by atoms with Crippen LogP contribution in [0.15, 0.2) is 36.4 Å². The van der Waals surface area contributed by atoms with Crippen LogP contribution in [0.2, 0.25) is 0 Å². The number of pyridine rings is 1. The van der Waals surface area contributed by atoms with Crippen molar-refractivity contribution in [1.82, 2.24) is 34.8 Å². The number of likely N-dealkylation sites (tertiary alicyclic amines) is 2. The van der Waals surface area contributed by atoms with Gasteiger partial charge in [0.05, 0.1) is 11.4 Å². The third-order valence-corrected chi connectivity index (χ3v) is 13.4. The van der Waals surface area contributed by atoms with Crippen LogP contribution in [0, 0.1) is 19.8 Å². The Balaban J connectivity index is 0.872. The summed E-state index contributed by atoms with van der Waals surface area (Å²) in [5.41, 5.74) is 8.37. The lowest BCUT2D eigenvalue weighted by molar-refractivity contribution is -0.132. The highest BCUT2D eigenvalue weighted by molar-refractivity contribution is 5.79. The van der Waals surface area contributed by atoms with E-state index in [0.29, 0.717) is 57.2 Å². The molecule has 326 valence electrons. The van der Waals surface area contributed by atoms with Crippen molar-refractivity contribution < 1.29 is 14.4 Å². The number of nitrogens with one attached hydrogen (secondary N) is 2. The van der Waals surface area contributed by atoms with Crippen LogP contribution in [-0.4, -0.2) is 119 Å². The van der Waals surface area contributed by atoms with Crippen molar-refractivity contribution in [2.75, 3.05) is 82.2 Å². The number of unbranched alkanes of at least 4 members (excludes halogenated alkanes) is 2. The minimum Gasteiger partial charge on any atom is -0.370 e. The fraction of sp³-hybridized carbons (Fsp3) is 0.646. The lowest BCUT2D eigenvalue weighted by Gasteiger charge is -2.37. The molecule has 4 aliphatic heterocycles. The summed E-state index contributed by atoms with van der Waals surface area (Å²) in [5.74, 6) is 2.62. The van der Waals surface area contributed by atoms with Gasteiger partial charge in [-0.3, -0.25) is 14.4 Å². The van der Waals surface area contributed by atoms with E-state index in [1.807, 2.05) is 9.80 Å². The van der Waals surface area contributed by atoms with Crippen LogP contribution >= 0.6 is 0 Å². The molecule has 12 nitrogen and oxygen atoms in total. The first-order chi connectivity index (χ1) is 29.2. The second kappa shape index (κ2) is 21.4. The van der Waals surface area contributed by atoms with Gasteiger partial charge in [-0.15, -0.1) is 0 Å². The second-order valence-electron chi connectivity index (χ2n) is 18.0. The standard InChI is InChI=1S/C48H71N9O3/c1-4-39(35-53-25-20-38(34-53)16-18-42-19-17-40-12-11-22-50-48(40)51-42)41-31-43(33-44(32-41)57-37(3)30-36(2)52-57)54-26-28-56(29-27-54)47(60)15-10-13-45(58)49-21-7-5-6-14-46(59)55-23-8-9-24-55/h17,19,30-33,38-39H,4-16,18,20-29,34-35H2,1-3H3,(H,49,58)(H,50,51). The molecule has 0 radical (unpaired) electrons. The van der Waals surface area contributed by atoms with E-state index < -0.39 is 0 Å². The number of aromatic nitrogens is 3. The monoisotopic (exact) mass is 822 g/mol. The molecule has 12 heteroatoms. The van der Waals surface area contributed by atoms with E-state index in [2.05, 4.69) is 82.3 Å². The Morgan fingerprint density at radius 2 is 1.60 bits per heavy atom. The van der Waals surface area contributed by atoms with Gasteiger partial charge < -0.3 is 30.2 Å². The van der Waals surface area contributed by atoms with Gasteiger partial charge in [-0.25, -0.2) is 9.67 Å². The highest BCUT2D eigenvalue weighted by Gasteiger charge is 2.27. The number of carbonyl (C=O) groups is 3. The molecule has 2 N–H and O–H groups in total. The van der Waals surface area contributed by atoms with Crippen molar-refractivity contribution in [2.45, 2.75) is 123 Å². The van der Waals surface area contributed by atoms with Gasteiger partial charge in [-0.2, -0.15) is 5.10 Å². The number of rotatable bonds is 19. The molecule has 2 unspecified atom stereocenters. The van der Waals surface area contributed by atoms with E-state index in [-0.39, 0.29) is 17.7 Å². The first kappa shape index (κ1) is 43.6. The van der Waals surface area contributed by atoms with Gasteiger partial charge in [-0.05, 0) is 144 Å². The molecule has 3 aromatic rings. The molecular weight excluding hydrogens is 751 g/mol. The van der Waals surface area contributed by atoms with Crippen molar-refractivity contribution in [3.63, 3.8) is 0 Å². The summed E-state index contributed by atoms with van der Waals surface area (Å²) in [4.78, 5) is 52.0. The van der Waals surface area contributed by atoms with E-state index >= 15 is 0 Å². The van der Waals surface area contributed by atoms with E-state index in [1.54, 1.807) is 0 Å². The molecule has 3 amide bonds. The number of carbonyl (C=O) groups excluding carboxylic acids is 3. The highest BCUT2D eigenvalue weighted by Crippen LogP contribution is 2.32. The molecule has 7 rings (SSSR count). The predicted octanol–water partition coefficient (Wildman–Crippen LogP) is 6.81. The summed E-state index contributed by atoms with van der Waals surface area (Å²) in [7, 11) is 0. The van der Waals surface area contributed by atoms with Crippen molar-refractivity contribution in [1.29, 1.82) is 0 Å². The summed E-state index contributed by atoms with van der Waals surface area (Å²) in [6.45, 7) is 16.2. The predicted molar refractivity (Wildman–Crippen MR) is 240 cm³/mol. The molecule has 60 heavy (non-hydrogen) atoms. The zero-order chi connectivity index (χ0) is 41.8. The number of fused-ring (bicyclic) bond motifs is 1. The molecule has 0 saturated carbocycles. The number of hydrogen-bond acceptors (Lipinski definition) is 8. The Kier molecular flexibility index (Phi) is 15.5. The molecular formula is C48H71N9O3. The topological polar surface area (TPSA) is 119 Å². The van der Waals surface area contributed by atoms with Crippen molar-refractivity contribution in [2.24, 2.45) is 5.92 Å². The maximum absolute atomic E-state index is 13.2. The van der Waals surface area contributed by atoms with E-state index in [9.17, 15) is 14.4 Å². The largest absolute Gasteiger partial charge is 0.370 e. The summed E-state index contributed by atoms with van der Waals surface area (Å²) in [6, 6.07) is 13.7. The molecule has 0 spiro atoms. The van der Waals surface area contributed by atoms with Crippen molar-refractivity contribution in [3.8, 4) is 5.69 Å². The number of hydrogen-bond donors (Lipinski definition) is 2. The summed E-state index contributed by atoms with van der Waals surface area (Å²) in [6.07, 6.45) is 13.7. The lowest BCUT2D eigenvalue weighted by atomic mass is 9.94. The molecule has 0 bridgehead atoms. The molecule has 3 saturated heterocycles. The van der Waals surface area contributed by atoms with Crippen LogP contribution in [-0.2, 0) is 27.2 Å². The first-order valence-corrected chi connectivity index (χ1v) is 23.4. The number of amides is 3. The third kappa shape index (κ3) is 11.9. The van der Waals surface area contributed by atoms with Gasteiger partial charge in [0, 0.05) is 102 Å². The maximum atomic E-state index is 13.2. The summed E-state index contributed by atoms with van der Waals surface area (Å²) >= 11 is 0. The molecule has 1 aromatic carbocycles. The smallest absolute Gasteiger partial charge is 0.222 e. The van der Waals surface area contributed by atoms with Gasteiger partial charge in [-0.1, -0.05) is 19.4 Å². The van der Waals surface area contributed by atoms with Gasteiger partial charge in [0.25, 0.3) is 0 Å². The van der Waals surface area contributed by atoms with E-state index in [1.165, 1.54) is 41.8 Å². The lowest BCUT2D eigenvalue weighted by Crippen LogP contribution is -2.48. The zero-order valence-electron chi connectivity index (χ0n) is 36.9. The number of aryl methyl sites for hydroxylation is 4. The fourth-order valence-electron chi connectivity index (χ4n) is 9.80. The SMILES string of the molecule is CCC(CN1CCC(CCc2ccc3c(n2)NCCC3)C1)c1cc(N2CCN(C(=O)CCCC(=O)NCCCCCC(=O)N3CCCC3)CC2)cc(-n2nc(C)cc2C)c1. The second-order valence-corrected chi connectivity index (χ2v) is 18.0. The maximum Gasteiger partial charge on any atom is 0.222 e. The molecule has 0 aliphatic carbocycles. The number of benzene rings is 1. The van der Waals surface area contributed by atoms with Crippen LogP contribution in [0.25, 0.3) is 5.69 Å². The Bertz CT molecular complexity index is 1900. The Hall–Kier alpha value is -4.45. The Morgan fingerprint density at radius 1 is 0.833 bits per heavy atom. The zero-order valence-corrected chi connectivity index (χ0v) is 36.9. The minimum absolute atomic E-state index is 0.00485. The van der Waals surface area contributed by atoms with Crippen LogP contribution in [0.4, 0.5) is 11.5 Å². The number of piperazine rings is 1. The van der Waals surface area contributed by atoms with Crippen LogP contribution < -0.4 is 15.5 Å². The molecule has 3 fully saturated rings. The van der Waals surface area contributed by atoms with Crippen LogP contribution in [0.1, 0.15) is 125 Å². The van der Waals surface area contributed by atoms with E-state index in [4.69, 9.17) is 10.1 Å². The fourth-order valence-corrected chi connectivity index (χ4v) is 9.80. The normalized spacial score (nSPS) is 18.7. The van der Waals surface area contributed by atoms with Crippen molar-refractivity contribution >= 4 is 29.2 Å². The Labute approximate surface area is 358 Å². The van der Waals surface area contributed by atoms with Gasteiger partial charge >= 0.3 is 0 Å². The Morgan fingerprint density at radius 3 is 2.37 bits per heavy atom. The average molecular weight is 822 g/mol. The van der Waals surface area contributed by atoms with Gasteiger partial charge in [0.2, 0.25) is 17.7 Å². The molecule has 6 heterocycles. The van der Waals surface area contributed by atoms with Gasteiger partial charge in [0.15, 0.2) is 0 Å². The van der Waals surface area contributed by atoms with Crippen LogP contribution in [0.3, 0.4) is 0 Å². The number of anilines is 2. The van der Waals surface area contributed by atoms with E-state index in [0.717, 1.165) is 127 Å². The molecule has 2 atom stereocenters. The minimum atomic E-state index is 0.00485. The average Bonchev–Trinajstić information content (AvgIpc) is 4.05. The number of nitrogens with zero attached hydrogens (tertiary/aromatic N) is 7. The van der Waals surface area contributed by atoms with Crippen LogP contribution in [0.5, 0.6) is 0 Å².